The predicted octanol–water partition coefficient (Wildman–Crippen LogP) is 1.54. The zero-order chi connectivity index (χ0) is 16.9. The highest BCUT2D eigenvalue weighted by molar-refractivity contribution is 5.20. The fourth-order valence-electron chi connectivity index (χ4n) is 3.55. The third-order valence-corrected chi connectivity index (χ3v) is 4.72. The number of aliphatic hydroxyl groups excluding tert-OH is 1. The molecule has 1 aliphatic rings. The van der Waals surface area contributed by atoms with Crippen LogP contribution in [0.25, 0.3) is 5.95 Å². The van der Waals surface area contributed by atoms with E-state index in [2.05, 4.69) is 44.2 Å². The molecule has 1 aliphatic heterocycles. The molecule has 0 radical (unpaired) electrons. The van der Waals surface area contributed by atoms with Gasteiger partial charge in [0.2, 0.25) is 5.95 Å². The van der Waals surface area contributed by atoms with Gasteiger partial charge in [-0.3, -0.25) is 14.4 Å². The number of hydrogen-bond acceptors (Lipinski definition) is 5. The van der Waals surface area contributed by atoms with Crippen LogP contribution >= 0.6 is 0 Å². The maximum Gasteiger partial charge on any atom is 0.233 e. The summed E-state index contributed by atoms with van der Waals surface area (Å²) in [6, 6.07) is 6.94. The van der Waals surface area contributed by atoms with Crippen molar-refractivity contribution in [3.05, 3.63) is 42.5 Å². The summed E-state index contributed by atoms with van der Waals surface area (Å²) < 4.78 is 2.05. The van der Waals surface area contributed by atoms with Gasteiger partial charge in [0.05, 0.1) is 0 Å². The van der Waals surface area contributed by atoms with Gasteiger partial charge in [0.1, 0.15) is 0 Å². The van der Waals surface area contributed by atoms with Crippen LogP contribution in [0.5, 0.6) is 0 Å². The molecule has 6 heteroatoms. The average Bonchev–Trinajstić information content (AvgIpc) is 3.04. The van der Waals surface area contributed by atoms with Crippen LogP contribution in [0, 0.1) is 0 Å². The highest BCUT2D eigenvalue weighted by atomic mass is 16.3. The zero-order valence-electron chi connectivity index (χ0n) is 14.5. The molecule has 2 aromatic rings. The van der Waals surface area contributed by atoms with Gasteiger partial charge in [-0.05, 0) is 38.5 Å². The summed E-state index contributed by atoms with van der Waals surface area (Å²) in [5.41, 5.74) is 1.20. The number of aromatic nitrogens is 3. The van der Waals surface area contributed by atoms with Crippen molar-refractivity contribution in [2.45, 2.75) is 38.9 Å². The molecule has 3 heterocycles. The van der Waals surface area contributed by atoms with Gasteiger partial charge in [-0.25, -0.2) is 9.97 Å². The summed E-state index contributed by atoms with van der Waals surface area (Å²) >= 11 is 0. The maximum atomic E-state index is 9.39. The Bertz CT molecular complexity index is 627. The summed E-state index contributed by atoms with van der Waals surface area (Å²) in [6.45, 7) is 8.66. The fourth-order valence-corrected chi connectivity index (χ4v) is 3.55. The van der Waals surface area contributed by atoms with E-state index in [0.29, 0.717) is 18.0 Å². The SMILES string of the molecule is CC(C)N1CCN(Cc2cccn2-c2ncccn2)CC1CCO. The normalized spacial score (nSPS) is 19.9. The predicted molar refractivity (Wildman–Crippen MR) is 94.0 cm³/mol. The lowest BCUT2D eigenvalue weighted by molar-refractivity contribution is 0.0342. The van der Waals surface area contributed by atoms with Crippen LogP contribution in [0.15, 0.2) is 36.8 Å². The van der Waals surface area contributed by atoms with Crippen LogP contribution in [0.3, 0.4) is 0 Å². The summed E-state index contributed by atoms with van der Waals surface area (Å²) in [5.74, 6) is 0.713. The summed E-state index contributed by atoms with van der Waals surface area (Å²) in [7, 11) is 0. The molecule has 1 saturated heterocycles. The Kier molecular flexibility index (Phi) is 5.60. The van der Waals surface area contributed by atoms with E-state index in [1.165, 1.54) is 5.69 Å². The molecule has 0 spiro atoms. The highest BCUT2D eigenvalue weighted by Gasteiger charge is 2.28. The lowest BCUT2D eigenvalue weighted by atomic mass is 10.1. The first kappa shape index (κ1) is 17.1. The van der Waals surface area contributed by atoms with Gasteiger partial charge in [-0.2, -0.15) is 0 Å². The van der Waals surface area contributed by atoms with E-state index in [1.54, 1.807) is 12.4 Å². The van der Waals surface area contributed by atoms with Gasteiger partial charge in [-0.15, -0.1) is 0 Å². The molecular formula is C18H27N5O. The Hall–Kier alpha value is -1.76. The largest absolute Gasteiger partial charge is 0.396 e. The Labute approximate surface area is 143 Å². The first-order chi connectivity index (χ1) is 11.7. The van der Waals surface area contributed by atoms with Crippen molar-refractivity contribution in [1.29, 1.82) is 0 Å². The Balaban J connectivity index is 1.70. The summed E-state index contributed by atoms with van der Waals surface area (Å²) in [5, 5.41) is 9.39. The zero-order valence-corrected chi connectivity index (χ0v) is 14.5. The van der Waals surface area contributed by atoms with E-state index in [1.807, 2.05) is 18.3 Å². The van der Waals surface area contributed by atoms with E-state index in [9.17, 15) is 5.11 Å². The number of nitrogens with zero attached hydrogens (tertiary/aromatic N) is 5. The maximum absolute atomic E-state index is 9.39. The number of rotatable bonds is 6. The van der Waals surface area contributed by atoms with Crippen LogP contribution in [0.2, 0.25) is 0 Å². The first-order valence-corrected chi connectivity index (χ1v) is 8.71. The molecular weight excluding hydrogens is 302 g/mol. The molecule has 1 N–H and O–H groups in total. The monoisotopic (exact) mass is 329 g/mol. The standard InChI is InChI=1S/C18H27N5O/c1-15(2)22-11-10-21(14-17(22)6-12-24)13-16-5-3-9-23(16)18-19-7-4-8-20-18/h3-5,7-9,15,17,24H,6,10-14H2,1-2H3. The quantitative estimate of drug-likeness (QED) is 0.871. The van der Waals surface area contributed by atoms with Crippen molar-refractivity contribution >= 4 is 0 Å². The second-order valence-electron chi connectivity index (χ2n) is 6.65. The van der Waals surface area contributed by atoms with Crippen molar-refractivity contribution in [1.82, 2.24) is 24.3 Å². The number of hydrogen-bond donors (Lipinski definition) is 1. The molecule has 130 valence electrons. The van der Waals surface area contributed by atoms with Crippen LogP contribution < -0.4 is 0 Å². The second-order valence-corrected chi connectivity index (χ2v) is 6.65. The Morgan fingerprint density at radius 3 is 2.71 bits per heavy atom. The fraction of sp³-hybridized carbons (Fsp3) is 0.556. The first-order valence-electron chi connectivity index (χ1n) is 8.71. The molecule has 6 nitrogen and oxygen atoms in total. The second kappa shape index (κ2) is 7.88. The van der Waals surface area contributed by atoms with Gasteiger partial charge in [0.15, 0.2) is 0 Å². The van der Waals surface area contributed by atoms with Crippen molar-refractivity contribution in [3.8, 4) is 5.95 Å². The molecule has 24 heavy (non-hydrogen) atoms. The Morgan fingerprint density at radius 1 is 1.21 bits per heavy atom. The lowest BCUT2D eigenvalue weighted by Crippen LogP contribution is -2.55. The van der Waals surface area contributed by atoms with Crippen LogP contribution in [0.4, 0.5) is 0 Å². The molecule has 2 aromatic heterocycles. The van der Waals surface area contributed by atoms with Gasteiger partial charge < -0.3 is 5.11 Å². The molecule has 0 aromatic carbocycles. The van der Waals surface area contributed by atoms with Crippen molar-refractivity contribution in [2.24, 2.45) is 0 Å². The van der Waals surface area contributed by atoms with E-state index in [4.69, 9.17) is 0 Å². The minimum atomic E-state index is 0.246. The van der Waals surface area contributed by atoms with Gasteiger partial charge in [0.25, 0.3) is 0 Å². The van der Waals surface area contributed by atoms with E-state index < -0.39 is 0 Å². The minimum Gasteiger partial charge on any atom is -0.396 e. The lowest BCUT2D eigenvalue weighted by Gasteiger charge is -2.43. The van der Waals surface area contributed by atoms with Crippen LogP contribution in [-0.4, -0.2) is 67.8 Å². The highest BCUT2D eigenvalue weighted by Crippen LogP contribution is 2.19. The Morgan fingerprint density at radius 2 is 2.00 bits per heavy atom. The van der Waals surface area contributed by atoms with E-state index in [0.717, 1.165) is 32.6 Å². The number of piperazine rings is 1. The van der Waals surface area contributed by atoms with Crippen molar-refractivity contribution < 1.29 is 5.11 Å². The van der Waals surface area contributed by atoms with Gasteiger partial charge in [-0.1, -0.05) is 0 Å². The van der Waals surface area contributed by atoms with Crippen molar-refractivity contribution in [3.63, 3.8) is 0 Å². The van der Waals surface area contributed by atoms with E-state index >= 15 is 0 Å². The van der Waals surface area contributed by atoms with Crippen molar-refractivity contribution in [2.75, 3.05) is 26.2 Å². The molecule has 0 bridgehead atoms. The molecule has 0 saturated carbocycles. The molecule has 0 aliphatic carbocycles. The summed E-state index contributed by atoms with van der Waals surface area (Å²) in [4.78, 5) is 13.7. The molecule has 1 atom stereocenters. The molecule has 3 rings (SSSR count). The van der Waals surface area contributed by atoms with E-state index in [-0.39, 0.29) is 6.61 Å². The smallest absolute Gasteiger partial charge is 0.233 e. The molecule has 1 fully saturated rings. The topological polar surface area (TPSA) is 57.4 Å². The molecule has 0 amide bonds. The summed E-state index contributed by atoms with van der Waals surface area (Å²) in [6.07, 6.45) is 6.38. The minimum absolute atomic E-state index is 0.246. The third kappa shape index (κ3) is 3.83. The average molecular weight is 329 g/mol. The third-order valence-electron chi connectivity index (χ3n) is 4.72. The van der Waals surface area contributed by atoms with Gasteiger partial charge >= 0.3 is 0 Å². The van der Waals surface area contributed by atoms with Crippen LogP contribution in [-0.2, 0) is 6.54 Å². The molecule has 1 unspecified atom stereocenters. The number of aliphatic hydroxyl groups is 1. The van der Waals surface area contributed by atoms with Crippen LogP contribution in [0.1, 0.15) is 26.0 Å². The van der Waals surface area contributed by atoms with Gasteiger partial charge in [0, 0.05) is 69.2 Å².